The van der Waals surface area contributed by atoms with Gasteiger partial charge in [0.25, 0.3) is 0 Å². The second-order valence-electron chi connectivity index (χ2n) is 8.89. The van der Waals surface area contributed by atoms with Crippen LogP contribution in [0.2, 0.25) is 0 Å². The molecule has 2 aromatic carbocycles. The summed E-state index contributed by atoms with van der Waals surface area (Å²) < 4.78 is 15.4. The van der Waals surface area contributed by atoms with Crippen LogP contribution in [0.5, 0.6) is 0 Å². The minimum absolute atomic E-state index is 0.189. The van der Waals surface area contributed by atoms with Crippen molar-refractivity contribution in [1.29, 1.82) is 0 Å². The molecule has 0 spiro atoms. The van der Waals surface area contributed by atoms with Crippen molar-refractivity contribution in [2.45, 2.75) is 46.0 Å². The van der Waals surface area contributed by atoms with E-state index in [0.29, 0.717) is 18.2 Å². The highest BCUT2D eigenvalue weighted by molar-refractivity contribution is 7.11. The number of benzene rings is 2. The van der Waals surface area contributed by atoms with Crippen LogP contribution in [0.25, 0.3) is 16.9 Å². The maximum Gasteiger partial charge on any atom is 0.140 e. The van der Waals surface area contributed by atoms with Gasteiger partial charge < -0.3 is 4.57 Å². The van der Waals surface area contributed by atoms with Crippen LogP contribution in [0.1, 0.15) is 39.8 Å². The van der Waals surface area contributed by atoms with Crippen molar-refractivity contribution in [3.8, 4) is 16.9 Å². The van der Waals surface area contributed by atoms with Gasteiger partial charge in [0.1, 0.15) is 17.4 Å². The van der Waals surface area contributed by atoms with Gasteiger partial charge in [0.05, 0.1) is 22.8 Å². The molecule has 1 aliphatic rings. The van der Waals surface area contributed by atoms with Crippen molar-refractivity contribution in [2.75, 3.05) is 0 Å². The quantitative estimate of drug-likeness (QED) is 0.352. The fourth-order valence-electron chi connectivity index (χ4n) is 4.55. The Bertz CT molecular complexity index is 1290. The van der Waals surface area contributed by atoms with E-state index in [1.54, 1.807) is 23.5 Å². The van der Waals surface area contributed by atoms with E-state index >= 15 is 0 Å². The number of halogens is 1. The van der Waals surface area contributed by atoms with Gasteiger partial charge >= 0.3 is 0 Å². The molecule has 4 nitrogen and oxygen atoms in total. The molecule has 5 rings (SSSR count). The Morgan fingerprint density at radius 3 is 2.61 bits per heavy atom. The van der Waals surface area contributed by atoms with Crippen LogP contribution < -0.4 is 0 Å². The molecule has 0 aliphatic heterocycles. The molecular formula is C27H26FN3OS. The first-order valence-electron chi connectivity index (χ1n) is 11.3. The third-order valence-corrected chi connectivity index (χ3v) is 7.29. The molecular weight excluding hydrogens is 433 g/mol. The Balaban J connectivity index is 1.38. The number of imidazole rings is 1. The molecule has 4 aromatic rings. The molecule has 168 valence electrons. The number of nitrogens with zero attached hydrogens (tertiary/aromatic N) is 3. The van der Waals surface area contributed by atoms with E-state index in [4.69, 9.17) is 4.98 Å². The predicted molar refractivity (Wildman–Crippen MR) is 129 cm³/mol. The van der Waals surface area contributed by atoms with Crippen LogP contribution in [-0.2, 0) is 24.1 Å². The minimum Gasteiger partial charge on any atom is -0.303 e. The molecule has 0 bridgehead atoms. The first-order valence-corrected chi connectivity index (χ1v) is 12.1. The first kappa shape index (κ1) is 21.7. The molecule has 0 saturated carbocycles. The summed E-state index contributed by atoms with van der Waals surface area (Å²) in [6.45, 7) is 4.09. The maximum atomic E-state index is 13.5. The van der Waals surface area contributed by atoms with Gasteiger partial charge in [-0.05, 0) is 63.3 Å². The summed E-state index contributed by atoms with van der Waals surface area (Å²) in [5, 5.41) is 1.11. The molecule has 2 aromatic heterocycles. The summed E-state index contributed by atoms with van der Waals surface area (Å²) in [6.07, 6.45) is 5.64. The normalized spacial score (nSPS) is 15.4. The number of aryl methyl sites for hydroxylation is 3. The van der Waals surface area contributed by atoms with E-state index in [1.165, 1.54) is 28.3 Å². The molecule has 1 atom stereocenters. The van der Waals surface area contributed by atoms with Gasteiger partial charge in [-0.1, -0.05) is 29.8 Å². The number of Topliss-reactive ketones (excluding diaryl/α,β-unsaturated/α-hetero) is 1. The molecule has 1 unspecified atom stereocenters. The van der Waals surface area contributed by atoms with Crippen molar-refractivity contribution < 1.29 is 9.18 Å². The zero-order chi connectivity index (χ0) is 22.9. The Morgan fingerprint density at radius 1 is 1.09 bits per heavy atom. The van der Waals surface area contributed by atoms with Gasteiger partial charge in [-0.3, -0.25) is 4.79 Å². The molecule has 1 aliphatic carbocycles. The van der Waals surface area contributed by atoms with Crippen LogP contribution in [0.3, 0.4) is 0 Å². The monoisotopic (exact) mass is 459 g/mol. The predicted octanol–water partition coefficient (Wildman–Crippen LogP) is 6.06. The Kier molecular flexibility index (Phi) is 5.94. The van der Waals surface area contributed by atoms with Crippen molar-refractivity contribution in [3.63, 3.8) is 0 Å². The highest BCUT2D eigenvalue weighted by Gasteiger charge is 2.25. The average Bonchev–Trinajstić information content (AvgIpc) is 3.37. The van der Waals surface area contributed by atoms with E-state index in [1.807, 2.05) is 36.7 Å². The fraction of sp³-hybridized carbons (Fsp3) is 0.296. The smallest absolute Gasteiger partial charge is 0.140 e. The highest BCUT2D eigenvalue weighted by atomic mass is 32.1. The van der Waals surface area contributed by atoms with Crippen molar-refractivity contribution in [1.82, 2.24) is 14.5 Å². The van der Waals surface area contributed by atoms with Crippen LogP contribution in [0.4, 0.5) is 4.39 Å². The molecule has 0 fully saturated rings. The second-order valence-corrected chi connectivity index (χ2v) is 10.2. The minimum atomic E-state index is -0.287. The van der Waals surface area contributed by atoms with Crippen LogP contribution >= 0.6 is 11.3 Å². The van der Waals surface area contributed by atoms with Crippen LogP contribution in [0.15, 0.2) is 54.7 Å². The van der Waals surface area contributed by atoms with Gasteiger partial charge in [-0.25, -0.2) is 14.4 Å². The lowest BCUT2D eigenvalue weighted by atomic mass is 9.87. The Morgan fingerprint density at radius 2 is 1.85 bits per heavy atom. The fourth-order valence-corrected chi connectivity index (χ4v) is 5.65. The summed E-state index contributed by atoms with van der Waals surface area (Å²) in [5.74, 6) is 0.947. The van der Waals surface area contributed by atoms with E-state index in [2.05, 4.69) is 17.1 Å². The van der Waals surface area contributed by atoms with Gasteiger partial charge in [0, 0.05) is 28.7 Å². The summed E-state index contributed by atoms with van der Waals surface area (Å²) in [6, 6.07) is 14.5. The standard InChI is InChI=1S/C27H26FN3OS/c1-17-3-6-20(7-4-17)25-16-31(22-10-8-21(28)9-11-22)27(30-25)15-23(32)13-19-5-12-24-26(14-19)33-18(2)29-24/h3-4,6-11,16,19H,5,12-15H2,1-2H3. The molecule has 0 radical (unpaired) electrons. The summed E-state index contributed by atoms with van der Waals surface area (Å²) in [4.78, 5) is 23.9. The van der Waals surface area contributed by atoms with Crippen molar-refractivity contribution in [3.05, 3.63) is 87.5 Å². The average molecular weight is 460 g/mol. The number of thiazole rings is 1. The van der Waals surface area contributed by atoms with Gasteiger partial charge in [0.2, 0.25) is 0 Å². The number of hydrogen-bond acceptors (Lipinski definition) is 4. The van der Waals surface area contributed by atoms with Gasteiger partial charge in [-0.2, -0.15) is 0 Å². The topological polar surface area (TPSA) is 47.8 Å². The number of aromatic nitrogens is 3. The van der Waals surface area contributed by atoms with Crippen LogP contribution in [-0.4, -0.2) is 20.3 Å². The van der Waals surface area contributed by atoms with E-state index in [9.17, 15) is 9.18 Å². The number of fused-ring (bicyclic) bond motifs is 1. The lowest BCUT2D eigenvalue weighted by Gasteiger charge is -2.20. The summed E-state index contributed by atoms with van der Waals surface area (Å²) in [5.41, 5.74) is 5.00. The summed E-state index contributed by atoms with van der Waals surface area (Å²) in [7, 11) is 0. The van der Waals surface area contributed by atoms with Gasteiger partial charge in [-0.15, -0.1) is 11.3 Å². The van der Waals surface area contributed by atoms with E-state index in [0.717, 1.165) is 41.2 Å². The summed E-state index contributed by atoms with van der Waals surface area (Å²) >= 11 is 1.76. The molecule has 0 saturated heterocycles. The Labute approximate surface area is 197 Å². The number of hydrogen-bond donors (Lipinski definition) is 0. The number of carbonyl (C=O) groups excluding carboxylic acids is 1. The number of carbonyl (C=O) groups is 1. The van der Waals surface area contributed by atoms with Crippen LogP contribution in [0, 0.1) is 25.6 Å². The van der Waals surface area contributed by atoms with Crippen molar-refractivity contribution in [2.24, 2.45) is 5.92 Å². The maximum absolute atomic E-state index is 13.5. The zero-order valence-electron chi connectivity index (χ0n) is 18.8. The zero-order valence-corrected chi connectivity index (χ0v) is 19.7. The lowest BCUT2D eigenvalue weighted by Crippen LogP contribution is -2.19. The molecule has 33 heavy (non-hydrogen) atoms. The highest BCUT2D eigenvalue weighted by Crippen LogP contribution is 2.32. The van der Waals surface area contributed by atoms with Gasteiger partial charge in [0.15, 0.2) is 0 Å². The molecule has 2 heterocycles. The number of rotatable bonds is 6. The van der Waals surface area contributed by atoms with Crippen molar-refractivity contribution >= 4 is 17.1 Å². The second kappa shape index (κ2) is 9.02. The lowest BCUT2D eigenvalue weighted by molar-refractivity contribution is -0.119. The largest absolute Gasteiger partial charge is 0.303 e. The molecule has 0 amide bonds. The first-order chi connectivity index (χ1) is 15.9. The van der Waals surface area contributed by atoms with E-state index in [-0.39, 0.29) is 18.0 Å². The Hall–Kier alpha value is -3.12. The number of ketones is 1. The van der Waals surface area contributed by atoms with E-state index < -0.39 is 0 Å². The SMILES string of the molecule is Cc1ccc(-c2cn(-c3ccc(F)cc3)c(CC(=O)CC3CCc4nc(C)sc4C3)n2)cc1. The molecule has 0 N–H and O–H groups in total. The third kappa shape index (κ3) is 4.81. The molecule has 6 heteroatoms. The third-order valence-electron chi connectivity index (χ3n) is 6.25.